The summed E-state index contributed by atoms with van der Waals surface area (Å²) < 4.78 is 23.5. The van der Waals surface area contributed by atoms with Crippen LogP contribution in [0.25, 0.3) is 0 Å². The Morgan fingerprint density at radius 3 is 2.35 bits per heavy atom. The van der Waals surface area contributed by atoms with Gasteiger partial charge in [0.25, 0.3) is 0 Å². The first-order valence-electron chi connectivity index (χ1n) is 5.52. The van der Waals surface area contributed by atoms with Crippen LogP contribution in [-0.4, -0.2) is 25.7 Å². The van der Waals surface area contributed by atoms with Crippen LogP contribution < -0.4 is 0 Å². The molecule has 0 N–H and O–H groups in total. The molecule has 1 heterocycles. The van der Waals surface area contributed by atoms with Gasteiger partial charge >= 0.3 is 0 Å². The summed E-state index contributed by atoms with van der Waals surface area (Å²) in [6.07, 6.45) is 0. The van der Waals surface area contributed by atoms with E-state index in [-0.39, 0.29) is 23.2 Å². The summed E-state index contributed by atoms with van der Waals surface area (Å²) in [4.78, 5) is 13.8. The van der Waals surface area contributed by atoms with Crippen LogP contribution in [0, 0.1) is 19.8 Å². The highest BCUT2D eigenvalue weighted by molar-refractivity contribution is 7.92. The summed E-state index contributed by atoms with van der Waals surface area (Å²) in [5.41, 5.74) is 0.555. The molecule has 5 heteroatoms. The largest absolute Gasteiger partial charge is 0.293 e. The molecule has 17 heavy (non-hydrogen) atoms. The number of hydrogen-bond donors (Lipinski definition) is 0. The summed E-state index contributed by atoms with van der Waals surface area (Å²) in [6, 6.07) is 1.77. The van der Waals surface area contributed by atoms with Crippen molar-refractivity contribution >= 4 is 27.0 Å². The summed E-state index contributed by atoms with van der Waals surface area (Å²) in [6.45, 7) is 7.43. The number of carbonyl (C=O) groups excluding carboxylic acids is 1. The SMILES string of the molecule is Cc1cc(C(=O)CS(=O)(=O)CC(C)C)c(C)s1. The minimum Gasteiger partial charge on any atom is -0.293 e. The third-order valence-corrected chi connectivity index (χ3v) is 5.12. The molecule has 1 aromatic heterocycles. The van der Waals surface area contributed by atoms with Gasteiger partial charge in [-0.2, -0.15) is 0 Å². The summed E-state index contributed by atoms with van der Waals surface area (Å²) in [5, 5.41) is 0. The van der Waals surface area contributed by atoms with E-state index in [1.165, 1.54) is 11.3 Å². The molecule has 0 fully saturated rings. The molecule has 0 bridgehead atoms. The van der Waals surface area contributed by atoms with Gasteiger partial charge in [-0.15, -0.1) is 11.3 Å². The first kappa shape index (κ1) is 14.4. The van der Waals surface area contributed by atoms with E-state index >= 15 is 0 Å². The second-order valence-electron chi connectivity index (χ2n) is 4.70. The predicted molar refractivity (Wildman–Crippen MR) is 71.6 cm³/mol. The zero-order valence-corrected chi connectivity index (χ0v) is 12.2. The quantitative estimate of drug-likeness (QED) is 0.776. The minimum absolute atomic E-state index is 0.0538. The Labute approximate surface area is 107 Å². The van der Waals surface area contributed by atoms with Crippen molar-refractivity contribution in [1.29, 1.82) is 0 Å². The van der Waals surface area contributed by atoms with Crippen LogP contribution in [0.3, 0.4) is 0 Å². The van der Waals surface area contributed by atoms with E-state index in [9.17, 15) is 13.2 Å². The van der Waals surface area contributed by atoms with Crippen molar-refractivity contribution in [2.45, 2.75) is 27.7 Å². The summed E-state index contributed by atoms with van der Waals surface area (Å²) >= 11 is 1.52. The number of sulfone groups is 1. The van der Waals surface area contributed by atoms with Crippen molar-refractivity contribution in [2.24, 2.45) is 5.92 Å². The number of aryl methyl sites for hydroxylation is 2. The molecule has 96 valence electrons. The van der Waals surface area contributed by atoms with Crippen LogP contribution in [0.15, 0.2) is 6.07 Å². The highest BCUT2D eigenvalue weighted by Crippen LogP contribution is 2.21. The zero-order valence-electron chi connectivity index (χ0n) is 10.6. The highest BCUT2D eigenvalue weighted by Gasteiger charge is 2.21. The molecule has 0 aliphatic carbocycles. The second-order valence-corrected chi connectivity index (χ2v) is 8.27. The Bertz CT molecular complexity index is 510. The molecule has 0 radical (unpaired) electrons. The maximum atomic E-state index is 11.9. The van der Waals surface area contributed by atoms with E-state index in [4.69, 9.17) is 0 Å². The van der Waals surface area contributed by atoms with Gasteiger partial charge in [0.2, 0.25) is 0 Å². The lowest BCUT2D eigenvalue weighted by Gasteiger charge is -2.06. The van der Waals surface area contributed by atoms with E-state index in [0.717, 1.165) is 9.75 Å². The maximum absolute atomic E-state index is 11.9. The number of thiophene rings is 1. The second kappa shape index (κ2) is 5.31. The molecule has 0 aliphatic heterocycles. The molecule has 0 aliphatic rings. The number of ketones is 1. The molecule has 0 atom stereocenters. The zero-order chi connectivity index (χ0) is 13.2. The lowest BCUT2D eigenvalue weighted by Crippen LogP contribution is -2.21. The number of rotatable bonds is 5. The highest BCUT2D eigenvalue weighted by atomic mass is 32.2. The van der Waals surface area contributed by atoms with Crippen LogP contribution >= 0.6 is 11.3 Å². The van der Waals surface area contributed by atoms with Crippen molar-refractivity contribution in [3.05, 3.63) is 21.4 Å². The van der Waals surface area contributed by atoms with Crippen molar-refractivity contribution in [1.82, 2.24) is 0 Å². The fraction of sp³-hybridized carbons (Fsp3) is 0.583. The molecule has 3 nitrogen and oxygen atoms in total. The molecule has 1 aromatic rings. The standard InChI is InChI=1S/C12H18O3S2/c1-8(2)6-17(14,15)7-12(13)11-5-9(3)16-10(11)4/h5,8H,6-7H2,1-4H3. The fourth-order valence-electron chi connectivity index (χ4n) is 1.75. The Morgan fingerprint density at radius 2 is 1.94 bits per heavy atom. The number of Topliss-reactive ketones (excluding diaryl/α,β-unsaturated/α-hetero) is 1. The smallest absolute Gasteiger partial charge is 0.178 e. The Morgan fingerprint density at radius 1 is 1.35 bits per heavy atom. The first-order chi connectivity index (χ1) is 7.71. The molecule has 0 saturated carbocycles. The fourth-order valence-corrected chi connectivity index (χ4v) is 4.38. The van der Waals surface area contributed by atoms with E-state index in [2.05, 4.69) is 0 Å². The first-order valence-corrected chi connectivity index (χ1v) is 8.15. The summed E-state index contributed by atoms with van der Waals surface area (Å²) in [5.74, 6) is -0.533. The minimum atomic E-state index is -3.28. The van der Waals surface area contributed by atoms with E-state index < -0.39 is 9.84 Å². The molecular weight excluding hydrogens is 256 g/mol. The third kappa shape index (κ3) is 4.24. The normalized spacial score (nSPS) is 12.1. The van der Waals surface area contributed by atoms with Crippen molar-refractivity contribution in [3.8, 4) is 0 Å². The molecule has 0 aromatic carbocycles. The maximum Gasteiger partial charge on any atom is 0.178 e. The average Bonchev–Trinajstić information content (AvgIpc) is 2.41. The van der Waals surface area contributed by atoms with Crippen LogP contribution in [0.4, 0.5) is 0 Å². The predicted octanol–water partition coefficient (Wildman–Crippen LogP) is 2.62. The van der Waals surface area contributed by atoms with Gasteiger partial charge in [-0.1, -0.05) is 13.8 Å². The van der Waals surface area contributed by atoms with E-state index in [1.54, 1.807) is 6.07 Å². The van der Waals surface area contributed by atoms with Crippen molar-refractivity contribution < 1.29 is 13.2 Å². The topological polar surface area (TPSA) is 51.2 Å². The molecule has 0 unspecified atom stereocenters. The Hall–Kier alpha value is -0.680. The van der Waals surface area contributed by atoms with Gasteiger partial charge in [0.1, 0.15) is 5.75 Å². The van der Waals surface area contributed by atoms with E-state index in [0.29, 0.717) is 5.56 Å². The van der Waals surface area contributed by atoms with Gasteiger partial charge in [0, 0.05) is 15.3 Å². The molecule has 1 rings (SSSR count). The number of hydrogen-bond acceptors (Lipinski definition) is 4. The van der Waals surface area contributed by atoms with Gasteiger partial charge in [0.05, 0.1) is 5.75 Å². The van der Waals surface area contributed by atoms with Gasteiger partial charge in [-0.05, 0) is 25.8 Å². The lowest BCUT2D eigenvalue weighted by atomic mass is 10.2. The van der Waals surface area contributed by atoms with Crippen LogP contribution in [-0.2, 0) is 9.84 Å². The Kier molecular flexibility index (Phi) is 4.49. The van der Waals surface area contributed by atoms with Gasteiger partial charge in [-0.25, -0.2) is 8.42 Å². The van der Waals surface area contributed by atoms with Gasteiger partial charge < -0.3 is 0 Å². The van der Waals surface area contributed by atoms with Gasteiger partial charge in [-0.3, -0.25) is 4.79 Å². The molecule has 0 spiro atoms. The third-order valence-electron chi connectivity index (χ3n) is 2.28. The van der Waals surface area contributed by atoms with E-state index in [1.807, 2.05) is 27.7 Å². The van der Waals surface area contributed by atoms with Crippen LogP contribution in [0.1, 0.15) is 34.0 Å². The van der Waals surface area contributed by atoms with Crippen LogP contribution in [0.5, 0.6) is 0 Å². The van der Waals surface area contributed by atoms with Gasteiger partial charge in [0.15, 0.2) is 15.6 Å². The lowest BCUT2D eigenvalue weighted by molar-refractivity contribution is 0.102. The van der Waals surface area contributed by atoms with Crippen molar-refractivity contribution in [3.63, 3.8) is 0 Å². The summed E-state index contributed by atoms with van der Waals surface area (Å²) in [7, 11) is -3.28. The Balaban J connectivity index is 2.83. The monoisotopic (exact) mass is 274 g/mol. The van der Waals surface area contributed by atoms with Crippen molar-refractivity contribution in [2.75, 3.05) is 11.5 Å². The molecular formula is C12H18O3S2. The van der Waals surface area contributed by atoms with Crippen LogP contribution in [0.2, 0.25) is 0 Å². The number of carbonyl (C=O) groups is 1. The average molecular weight is 274 g/mol. The molecule has 0 saturated heterocycles. The molecule has 0 amide bonds.